The standard InChI is InChI=1S/C70H136O17P2/c1-7-9-11-13-15-17-18-22-26-29-35-41-47-53-68(73)81-59-65(86-69(74)54-48-42-36-30-27-24-21-19-20-23-25-28-32-38-44-50-62(3)4)60-84-88(76,77)82-56-64(71)57-83-89(78,79)85-61-66(58-80-67(72)52-46-40-34-16-14-12-10-8-2)87-70(75)55-49-43-37-31-33-39-45-51-63(5)6/h62-66,71H,7-61H2,1-6H3,(H,76,77)(H,78,79)/t64-,65-,66-/m1/s1. The molecular formula is C70H136O17P2. The number of aliphatic hydroxyl groups excluding tert-OH is 1. The number of rotatable bonds is 69. The summed E-state index contributed by atoms with van der Waals surface area (Å²) in [5.41, 5.74) is 0. The zero-order valence-electron chi connectivity index (χ0n) is 57.7. The maximum Gasteiger partial charge on any atom is 0.472 e. The van der Waals surface area contributed by atoms with Crippen LogP contribution in [0.15, 0.2) is 0 Å². The van der Waals surface area contributed by atoms with Crippen molar-refractivity contribution in [3.05, 3.63) is 0 Å². The van der Waals surface area contributed by atoms with Gasteiger partial charge in [-0.25, -0.2) is 9.13 Å². The van der Waals surface area contributed by atoms with Crippen LogP contribution in [0.5, 0.6) is 0 Å². The first-order valence-corrected chi connectivity index (χ1v) is 39.5. The Bertz CT molecular complexity index is 1730. The number of ether oxygens (including phenoxy) is 4. The highest BCUT2D eigenvalue weighted by molar-refractivity contribution is 7.47. The summed E-state index contributed by atoms with van der Waals surface area (Å²) in [7, 11) is -9.89. The number of esters is 4. The average molecular weight is 1310 g/mol. The van der Waals surface area contributed by atoms with Crippen molar-refractivity contribution < 1.29 is 80.2 Å². The molecule has 0 saturated carbocycles. The minimum absolute atomic E-state index is 0.103. The summed E-state index contributed by atoms with van der Waals surface area (Å²) in [5.74, 6) is -0.629. The fourth-order valence-electron chi connectivity index (χ4n) is 10.6. The van der Waals surface area contributed by atoms with Crippen LogP contribution in [0.4, 0.5) is 0 Å². The third kappa shape index (κ3) is 64.6. The van der Waals surface area contributed by atoms with Gasteiger partial charge in [0.15, 0.2) is 12.2 Å². The molecule has 0 aromatic carbocycles. The molecule has 0 spiro atoms. The molecule has 89 heavy (non-hydrogen) atoms. The Kier molecular flexibility index (Phi) is 60.8. The number of unbranched alkanes of at least 4 members (excludes halogenated alkanes) is 39. The number of phosphoric ester groups is 2. The lowest BCUT2D eigenvalue weighted by Crippen LogP contribution is -2.30. The summed E-state index contributed by atoms with van der Waals surface area (Å²) >= 11 is 0. The maximum atomic E-state index is 13.0. The van der Waals surface area contributed by atoms with Crippen molar-refractivity contribution in [3.8, 4) is 0 Å². The molecule has 0 amide bonds. The van der Waals surface area contributed by atoms with Gasteiger partial charge in [0.25, 0.3) is 0 Å². The van der Waals surface area contributed by atoms with Gasteiger partial charge in [-0.1, -0.05) is 305 Å². The van der Waals surface area contributed by atoms with E-state index in [1.54, 1.807) is 0 Å². The summed E-state index contributed by atoms with van der Waals surface area (Å²) < 4.78 is 68.2. The molecule has 5 atom stereocenters. The van der Waals surface area contributed by atoms with Gasteiger partial charge in [0.05, 0.1) is 26.4 Å². The molecule has 0 heterocycles. The van der Waals surface area contributed by atoms with E-state index in [9.17, 15) is 43.2 Å². The first-order valence-electron chi connectivity index (χ1n) is 36.5. The molecule has 0 bridgehead atoms. The Morgan fingerprint density at radius 1 is 0.303 bits per heavy atom. The van der Waals surface area contributed by atoms with Gasteiger partial charge < -0.3 is 33.8 Å². The van der Waals surface area contributed by atoms with Gasteiger partial charge in [0.1, 0.15) is 19.3 Å². The monoisotopic (exact) mass is 1310 g/mol. The summed E-state index contributed by atoms with van der Waals surface area (Å²) in [6.07, 6.45) is 47.3. The number of phosphoric acid groups is 2. The molecular weight excluding hydrogens is 1170 g/mol. The van der Waals surface area contributed by atoms with Gasteiger partial charge in [-0.2, -0.15) is 0 Å². The second-order valence-corrected chi connectivity index (χ2v) is 29.1. The first-order chi connectivity index (χ1) is 42.9. The van der Waals surface area contributed by atoms with Gasteiger partial charge in [0, 0.05) is 25.7 Å². The minimum atomic E-state index is -4.95. The topological polar surface area (TPSA) is 237 Å². The van der Waals surface area contributed by atoms with Gasteiger partial charge in [-0.05, 0) is 37.5 Å². The Hall–Kier alpha value is -1.94. The van der Waals surface area contributed by atoms with Gasteiger partial charge in [-0.3, -0.25) is 37.3 Å². The predicted octanol–water partition coefficient (Wildman–Crippen LogP) is 20.0. The van der Waals surface area contributed by atoms with Crippen molar-refractivity contribution in [2.24, 2.45) is 11.8 Å². The zero-order valence-corrected chi connectivity index (χ0v) is 59.5. The largest absolute Gasteiger partial charge is 0.472 e. The molecule has 0 rings (SSSR count). The lowest BCUT2D eigenvalue weighted by atomic mass is 10.0. The quantitative estimate of drug-likeness (QED) is 0.0222. The molecule has 2 unspecified atom stereocenters. The second-order valence-electron chi connectivity index (χ2n) is 26.2. The van der Waals surface area contributed by atoms with E-state index in [-0.39, 0.29) is 25.7 Å². The van der Waals surface area contributed by atoms with Gasteiger partial charge in [-0.15, -0.1) is 0 Å². The highest BCUT2D eigenvalue weighted by atomic mass is 31.2. The summed E-state index contributed by atoms with van der Waals surface area (Å²) in [4.78, 5) is 72.4. The number of carbonyl (C=O) groups excluding carboxylic acids is 4. The zero-order chi connectivity index (χ0) is 65.7. The molecule has 0 aliphatic carbocycles. The van der Waals surface area contributed by atoms with Crippen molar-refractivity contribution >= 4 is 39.5 Å². The Morgan fingerprint density at radius 2 is 0.517 bits per heavy atom. The van der Waals surface area contributed by atoms with Crippen LogP contribution in [0.2, 0.25) is 0 Å². The molecule has 0 aliphatic rings. The van der Waals surface area contributed by atoms with Crippen LogP contribution >= 0.6 is 15.6 Å². The van der Waals surface area contributed by atoms with E-state index in [0.717, 1.165) is 102 Å². The lowest BCUT2D eigenvalue weighted by molar-refractivity contribution is -0.161. The van der Waals surface area contributed by atoms with Crippen molar-refractivity contribution in [2.45, 2.75) is 374 Å². The molecule has 0 radical (unpaired) electrons. The summed E-state index contributed by atoms with van der Waals surface area (Å²) in [5, 5.41) is 10.6. The SMILES string of the molecule is CCCCCCCCCCCCCCCC(=O)OC[C@H](COP(=O)(O)OC[C@@H](O)COP(=O)(O)OC[C@@H](COC(=O)CCCCCCCCCC)OC(=O)CCCCCCCCCC(C)C)OC(=O)CCCCCCCCCCCCCCCCCC(C)C. The molecule has 19 heteroatoms. The van der Waals surface area contributed by atoms with E-state index < -0.39 is 97.5 Å². The Balaban J connectivity index is 5.20. The van der Waals surface area contributed by atoms with E-state index in [2.05, 4.69) is 41.5 Å². The highest BCUT2D eigenvalue weighted by Gasteiger charge is 2.30. The predicted molar refractivity (Wildman–Crippen MR) is 358 cm³/mol. The molecule has 3 N–H and O–H groups in total. The Labute approximate surface area is 543 Å². The molecule has 17 nitrogen and oxygen atoms in total. The van der Waals surface area contributed by atoms with Crippen molar-refractivity contribution in [1.29, 1.82) is 0 Å². The van der Waals surface area contributed by atoms with Crippen molar-refractivity contribution in [3.63, 3.8) is 0 Å². The average Bonchev–Trinajstić information content (AvgIpc) is 3.71. The lowest BCUT2D eigenvalue weighted by Gasteiger charge is -2.21. The molecule has 0 saturated heterocycles. The van der Waals surface area contributed by atoms with E-state index in [4.69, 9.17) is 37.0 Å². The molecule has 0 aromatic rings. The molecule has 0 aliphatic heterocycles. The third-order valence-electron chi connectivity index (χ3n) is 16.2. The number of hydrogen-bond acceptors (Lipinski definition) is 15. The normalized spacial score (nSPS) is 14.1. The van der Waals surface area contributed by atoms with Crippen molar-refractivity contribution in [2.75, 3.05) is 39.6 Å². The van der Waals surface area contributed by atoms with Gasteiger partial charge in [0.2, 0.25) is 0 Å². The van der Waals surface area contributed by atoms with Crippen LogP contribution in [0.3, 0.4) is 0 Å². The van der Waals surface area contributed by atoms with Crippen LogP contribution < -0.4 is 0 Å². The van der Waals surface area contributed by atoms with Gasteiger partial charge >= 0.3 is 39.5 Å². The van der Waals surface area contributed by atoms with Crippen LogP contribution in [0.25, 0.3) is 0 Å². The summed E-state index contributed by atoms with van der Waals surface area (Å²) in [6.45, 7) is 9.49. The van der Waals surface area contributed by atoms with Crippen LogP contribution in [0.1, 0.15) is 356 Å². The van der Waals surface area contributed by atoms with E-state index >= 15 is 0 Å². The third-order valence-corrected chi connectivity index (χ3v) is 18.1. The number of carbonyl (C=O) groups is 4. The van der Waals surface area contributed by atoms with E-state index in [1.165, 1.54) is 167 Å². The highest BCUT2D eigenvalue weighted by Crippen LogP contribution is 2.45. The first kappa shape index (κ1) is 87.1. The fourth-order valence-corrected chi connectivity index (χ4v) is 12.2. The van der Waals surface area contributed by atoms with Crippen LogP contribution in [-0.2, 0) is 65.4 Å². The maximum absolute atomic E-state index is 13.0. The van der Waals surface area contributed by atoms with Crippen LogP contribution in [-0.4, -0.2) is 96.7 Å². The van der Waals surface area contributed by atoms with Crippen molar-refractivity contribution in [1.82, 2.24) is 0 Å². The molecule has 528 valence electrons. The van der Waals surface area contributed by atoms with E-state index in [0.29, 0.717) is 31.6 Å². The molecule has 0 fully saturated rings. The number of aliphatic hydroxyl groups is 1. The smallest absolute Gasteiger partial charge is 0.462 e. The fraction of sp³-hybridized carbons (Fsp3) is 0.943. The van der Waals surface area contributed by atoms with E-state index in [1.807, 2.05) is 0 Å². The van der Waals surface area contributed by atoms with Crippen LogP contribution in [0, 0.1) is 11.8 Å². The Morgan fingerprint density at radius 3 is 0.764 bits per heavy atom. The second kappa shape index (κ2) is 62.2. The minimum Gasteiger partial charge on any atom is -0.462 e. The number of hydrogen-bond donors (Lipinski definition) is 3. The molecule has 0 aromatic heterocycles. The summed E-state index contributed by atoms with van der Waals surface area (Å²) in [6, 6.07) is 0.